The molecule has 17 heavy (non-hydrogen) atoms. The fraction of sp³-hybridized carbons (Fsp3) is 0.125. The second-order valence-electron chi connectivity index (χ2n) is 4.24. The third-order valence-corrected chi connectivity index (χ3v) is 2.93. The second-order valence-corrected chi connectivity index (χ2v) is 4.24. The van der Waals surface area contributed by atoms with E-state index >= 15 is 0 Å². The Balaban J connectivity index is 2.68. The predicted octanol–water partition coefficient (Wildman–Crippen LogP) is 4.75. The van der Waals surface area contributed by atoms with Crippen molar-refractivity contribution >= 4 is 6.08 Å². The van der Waals surface area contributed by atoms with Crippen LogP contribution in [0.4, 0.5) is 4.39 Å². The van der Waals surface area contributed by atoms with Gasteiger partial charge in [-0.2, -0.15) is 0 Å². The average Bonchev–Trinajstić information content (AvgIpc) is 2.28. The van der Waals surface area contributed by atoms with Gasteiger partial charge in [-0.3, -0.25) is 0 Å². The van der Waals surface area contributed by atoms with Crippen LogP contribution in [0.15, 0.2) is 43.0 Å². The van der Waals surface area contributed by atoms with E-state index in [0.717, 1.165) is 27.8 Å². The maximum absolute atomic E-state index is 13.5. The van der Waals surface area contributed by atoms with Gasteiger partial charge in [0.2, 0.25) is 0 Å². The van der Waals surface area contributed by atoms with E-state index in [-0.39, 0.29) is 5.82 Å². The lowest BCUT2D eigenvalue weighted by Gasteiger charge is -2.11. The maximum Gasteiger partial charge on any atom is 0.124 e. The largest absolute Gasteiger partial charge is 0.207 e. The number of hydrogen-bond acceptors (Lipinski definition) is 0. The van der Waals surface area contributed by atoms with E-state index in [2.05, 4.69) is 6.58 Å². The second kappa shape index (κ2) is 4.54. The van der Waals surface area contributed by atoms with Gasteiger partial charge < -0.3 is 0 Å². The van der Waals surface area contributed by atoms with Crippen molar-refractivity contribution in [3.63, 3.8) is 0 Å². The zero-order valence-electron chi connectivity index (χ0n) is 10.1. The Morgan fingerprint density at radius 2 is 1.71 bits per heavy atom. The molecule has 0 nitrogen and oxygen atoms in total. The minimum absolute atomic E-state index is 0.222. The van der Waals surface area contributed by atoms with Crippen molar-refractivity contribution in [2.24, 2.45) is 0 Å². The zero-order valence-corrected chi connectivity index (χ0v) is 10.1. The molecule has 0 amide bonds. The third-order valence-electron chi connectivity index (χ3n) is 2.93. The van der Waals surface area contributed by atoms with Gasteiger partial charge in [0, 0.05) is 0 Å². The maximum atomic E-state index is 13.5. The third kappa shape index (κ3) is 2.28. The van der Waals surface area contributed by atoms with E-state index in [9.17, 15) is 4.39 Å². The summed E-state index contributed by atoms with van der Waals surface area (Å²) in [6.07, 6.45) is 1.67. The molecular weight excluding hydrogens is 211 g/mol. The van der Waals surface area contributed by atoms with Crippen LogP contribution in [0.3, 0.4) is 0 Å². The fourth-order valence-corrected chi connectivity index (χ4v) is 2.14. The smallest absolute Gasteiger partial charge is 0.124 e. The first kappa shape index (κ1) is 11.6. The SMILES string of the molecule is C=Cc1cc(F)cc(-c2c(C)cccc2C)c1. The summed E-state index contributed by atoms with van der Waals surface area (Å²) < 4.78 is 13.5. The highest BCUT2D eigenvalue weighted by molar-refractivity contribution is 5.73. The van der Waals surface area contributed by atoms with Crippen molar-refractivity contribution in [2.45, 2.75) is 13.8 Å². The summed E-state index contributed by atoms with van der Waals surface area (Å²) in [7, 11) is 0. The number of benzene rings is 2. The molecule has 0 bridgehead atoms. The van der Waals surface area contributed by atoms with Crippen molar-refractivity contribution in [3.05, 3.63) is 65.5 Å². The lowest BCUT2D eigenvalue weighted by molar-refractivity contribution is 0.628. The van der Waals surface area contributed by atoms with Crippen LogP contribution in [0.1, 0.15) is 16.7 Å². The number of aryl methyl sites for hydroxylation is 2. The summed E-state index contributed by atoms with van der Waals surface area (Å²) >= 11 is 0. The molecule has 0 aliphatic rings. The molecule has 0 unspecified atom stereocenters. The molecule has 2 rings (SSSR count). The Morgan fingerprint density at radius 3 is 2.29 bits per heavy atom. The van der Waals surface area contributed by atoms with Crippen LogP contribution in [0.25, 0.3) is 17.2 Å². The molecule has 0 aliphatic carbocycles. The van der Waals surface area contributed by atoms with Gasteiger partial charge in [0.1, 0.15) is 5.82 Å². The minimum atomic E-state index is -0.222. The van der Waals surface area contributed by atoms with Crippen LogP contribution in [0.5, 0.6) is 0 Å². The molecular formula is C16H15F. The van der Waals surface area contributed by atoms with Crippen molar-refractivity contribution in [1.82, 2.24) is 0 Å². The fourth-order valence-electron chi connectivity index (χ4n) is 2.14. The molecule has 1 heteroatoms. The highest BCUT2D eigenvalue weighted by Gasteiger charge is 2.07. The number of hydrogen-bond donors (Lipinski definition) is 0. The van der Waals surface area contributed by atoms with Crippen molar-refractivity contribution in [2.75, 3.05) is 0 Å². The first-order valence-electron chi connectivity index (χ1n) is 5.61. The summed E-state index contributed by atoms with van der Waals surface area (Å²) in [6, 6.07) is 11.1. The monoisotopic (exact) mass is 226 g/mol. The molecule has 0 radical (unpaired) electrons. The van der Waals surface area contributed by atoms with E-state index in [0.29, 0.717) is 0 Å². The molecule has 0 saturated heterocycles. The van der Waals surface area contributed by atoms with Crippen molar-refractivity contribution < 1.29 is 4.39 Å². The Hall–Kier alpha value is -1.89. The van der Waals surface area contributed by atoms with E-state index in [1.807, 2.05) is 38.1 Å². The van der Waals surface area contributed by atoms with Crippen LogP contribution >= 0.6 is 0 Å². The first-order chi connectivity index (χ1) is 8.11. The van der Waals surface area contributed by atoms with Crippen LogP contribution in [-0.2, 0) is 0 Å². The lowest BCUT2D eigenvalue weighted by atomic mass is 9.94. The molecule has 0 saturated carbocycles. The molecule has 0 aliphatic heterocycles. The van der Waals surface area contributed by atoms with E-state index < -0.39 is 0 Å². The molecule has 0 spiro atoms. The van der Waals surface area contributed by atoms with Gasteiger partial charge >= 0.3 is 0 Å². The molecule has 0 atom stereocenters. The van der Waals surface area contributed by atoms with Crippen LogP contribution in [-0.4, -0.2) is 0 Å². The molecule has 2 aromatic rings. The zero-order chi connectivity index (χ0) is 12.4. The molecule has 0 N–H and O–H groups in total. The van der Waals surface area contributed by atoms with Crippen LogP contribution in [0, 0.1) is 19.7 Å². The summed E-state index contributed by atoms with van der Waals surface area (Å²) in [5, 5.41) is 0. The lowest BCUT2D eigenvalue weighted by Crippen LogP contribution is -1.89. The summed E-state index contributed by atoms with van der Waals surface area (Å²) in [6.45, 7) is 7.77. The summed E-state index contributed by atoms with van der Waals surface area (Å²) in [5.74, 6) is -0.222. The molecule has 2 aromatic carbocycles. The van der Waals surface area contributed by atoms with Crippen LogP contribution < -0.4 is 0 Å². The predicted molar refractivity (Wildman–Crippen MR) is 71.4 cm³/mol. The highest BCUT2D eigenvalue weighted by atomic mass is 19.1. The Bertz CT molecular complexity index is 547. The summed E-state index contributed by atoms with van der Waals surface area (Å²) in [5.41, 5.74) is 5.14. The van der Waals surface area contributed by atoms with Crippen LogP contribution in [0.2, 0.25) is 0 Å². The van der Waals surface area contributed by atoms with Gasteiger partial charge in [0.25, 0.3) is 0 Å². The quantitative estimate of drug-likeness (QED) is 0.693. The topological polar surface area (TPSA) is 0 Å². The molecule has 0 fully saturated rings. The van der Waals surface area contributed by atoms with E-state index in [1.165, 1.54) is 6.07 Å². The van der Waals surface area contributed by atoms with E-state index in [4.69, 9.17) is 0 Å². The molecule has 0 heterocycles. The van der Waals surface area contributed by atoms with Gasteiger partial charge in [-0.05, 0) is 59.9 Å². The van der Waals surface area contributed by atoms with Crippen molar-refractivity contribution in [3.8, 4) is 11.1 Å². The van der Waals surface area contributed by atoms with Gasteiger partial charge in [0.05, 0.1) is 0 Å². The first-order valence-corrected chi connectivity index (χ1v) is 5.61. The number of rotatable bonds is 2. The van der Waals surface area contributed by atoms with Gasteiger partial charge in [-0.25, -0.2) is 4.39 Å². The molecule has 0 aromatic heterocycles. The average molecular weight is 226 g/mol. The molecule has 86 valence electrons. The standard InChI is InChI=1S/C16H15F/c1-4-13-8-14(10-15(17)9-13)16-11(2)6-5-7-12(16)3/h4-10H,1H2,2-3H3. The van der Waals surface area contributed by atoms with Gasteiger partial charge in [-0.1, -0.05) is 30.9 Å². The van der Waals surface area contributed by atoms with E-state index in [1.54, 1.807) is 12.1 Å². The summed E-state index contributed by atoms with van der Waals surface area (Å²) in [4.78, 5) is 0. The normalized spacial score (nSPS) is 10.3. The van der Waals surface area contributed by atoms with Crippen molar-refractivity contribution in [1.29, 1.82) is 0 Å². The van der Waals surface area contributed by atoms with Gasteiger partial charge in [0.15, 0.2) is 0 Å². The number of halogens is 1. The minimum Gasteiger partial charge on any atom is -0.207 e. The highest BCUT2D eigenvalue weighted by Crippen LogP contribution is 2.28. The Kier molecular flexibility index (Phi) is 3.10. The Morgan fingerprint density at radius 1 is 1.06 bits per heavy atom. The van der Waals surface area contributed by atoms with Gasteiger partial charge in [-0.15, -0.1) is 0 Å². The Labute approximate surface area is 101 Å².